The fourth-order valence-electron chi connectivity index (χ4n) is 2.14. The third-order valence-corrected chi connectivity index (χ3v) is 3.11. The van der Waals surface area contributed by atoms with Crippen molar-refractivity contribution in [2.24, 2.45) is 0 Å². The van der Waals surface area contributed by atoms with Crippen LogP contribution in [-0.4, -0.2) is 17.7 Å². The lowest BCUT2D eigenvalue weighted by atomic mass is 10.2. The van der Waals surface area contributed by atoms with Gasteiger partial charge in [-0.25, -0.2) is 0 Å². The maximum atomic E-state index is 12.5. The summed E-state index contributed by atoms with van der Waals surface area (Å²) in [4.78, 5) is 35.0. The second-order valence-electron chi connectivity index (χ2n) is 5.37. The minimum atomic E-state index is -0.459. The molecule has 3 N–H and O–H groups in total. The first-order valence-electron chi connectivity index (χ1n) is 7.67. The summed E-state index contributed by atoms with van der Waals surface area (Å²) in [6, 6.07) is 15.9. The zero-order chi connectivity index (χ0) is 18.2. The van der Waals surface area contributed by atoms with E-state index in [4.69, 9.17) is 0 Å². The summed E-state index contributed by atoms with van der Waals surface area (Å²) in [6.45, 7) is 2.74. The van der Waals surface area contributed by atoms with Crippen molar-refractivity contribution < 1.29 is 14.4 Å². The molecule has 0 aromatic heterocycles. The van der Waals surface area contributed by atoms with Gasteiger partial charge in [-0.05, 0) is 29.8 Å². The quantitative estimate of drug-likeness (QED) is 0.733. The van der Waals surface area contributed by atoms with Gasteiger partial charge in [-0.15, -0.1) is 0 Å². The molecule has 2 aromatic carbocycles. The first-order chi connectivity index (χ1) is 11.9. The Morgan fingerprint density at radius 3 is 2.04 bits per heavy atom. The van der Waals surface area contributed by atoms with Crippen molar-refractivity contribution in [3.8, 4) is 0 Å². The van der Waals surface area contributed by atoms with Crippen LogP contribution >= 0.6 is 0 Å². The van der Waals surface area contributed by atoms with E-state index in [-0.39, 0.29) is 17.5 Å². The molecule has 2 aromatic rings. The van der Waals surface area contributed by atoms with E-state index in [0.717, 1.165) is 5.56 Å². The lowest BCUT2D eigenvalue weighted by molar-refractivity contribution is -0.120. The Hall–Kier alpha value is -3.41. The molecule has 0 bridgehead atoms. The highest BCUT2D eigenvalue weighted by molar-refractivity contribution is 6.08. The molecule has 2 rings (SSSR count). The highest BCUT2D eigenvalue weighted by Crippen LogP contribution is 2.16. The van der Waals surface area contributed by atoms with Gasteiger partial charge in [0, 0.05) is 25.2 Å². The number of nitrogens with one attached hydrogen (secondary N) is 3. The molecule has 6 heteroatoms. The first kappa shape index (κ1) is 17.9. The zero-order valence-corrected chi connectivity index (χ0v) is 14.0. The van der Waals surface area contributed by atoms with Gasteiger partial charge in [0.15, 0.2) is 0 Å². The van der Waals surface area contributed by atoms with Crippen LogP contribution in [0.3, 0.4) is 0 Å². The van der Waals surface area contributed by atoms with Gasteiger partial charge in [0.1, 0.15) is 5.70 Å². The number of carbonyl (C=O) groups excluding carboxylic acids is 3. The topological polar surface area (TPSA) is 87.3 Å². The number of hydrogen-bond donors (Lipinski definition) is 3. The number of benzene rings is 2. The normalized spacial score (nSPS) is 10.7. The standard InChI is InChI=1S/C19H19N3O3/c1-13(23)20-16-9-6-10-17(12-16)22-19(25)18(21-14(2)24)11-15-7-4-3-5-8-15/h3-12H,1-2H3,(H,20,23)(H,21,24)(H,22,25)/b18-11-. The Bertz CT molecular complexity index is 814. The van der Waals surface area contributed by atoms with Crippen LogP contribution < -0.4 is 16.0 Å². The second-order valence-corrected chi connectivity index (χ2v) is 5.37. The number of rotatable bonds is 5. The van der Waals surface area contributed by atoms with Gasteiger partial charge in [0.2, 0.25) is 11.8 Å². The number of carbonyl (C=O) groups is 3. The van der Waals surface area contributed by atoms with Crippen molar-refractivity contribution in [3.63, 3.8) is 0 Å². The fraction of sp³-hybridized carbons (Fsp3) is 0.105. The molecule has 0 saturated heterocycles. The molecule has 0 radical (unpaired) electrons. The van der Waals surface area contributed by atoms with Crippen LogP contribution in [-0.2, 0) is 14.4 Å². The summed E-state index contributed by atoms with van der Waals surface area (Å²) >= 11 is 0. The largest absolute Gasteiger partial charge is 0.326 e. The molecule has 0 unspecified atom stereocenters. The van der Waals surface area contributed by atoms with Crippen LogP contribution in [0.4, 0.5) is 11.4 Å². The maximum Gasteiger partial charge on any atom is 0.272 e. The molecule has 0 spiro atoms. The summed E-state index contributed by atoms with van der Waals surface area (Å²) in [6.07, 6.45) is 1.59. The lowest BCUT2D eigenvalue weighted by Crippen LogP contribution is -2.29. The number of hydrogen-bond acceptors (Lipinski definition) is 3. The predicted molar refractivity (Wildman–Crippen MR) is 97.6 cm³/mol. The van der Waals surface area contributed by atoms with E-state index in [1.807, 2.05) is 30.3 Å². The van der Waals surface area contributed by atoms with E-state index in [2.05, 4.69) is 16.0 Å². The first-order valence-corrected chi connectivity index (χ1v) is 7.67. The lowest BCUT2D eigenvalue weighted by Gasteiger charge is -2.11. The van der Waals surface area contributed by atoms with Gasteiger partial charge in [0.05, 0.1) is 0 Å². The molecule has 0 aliphatic carbocycles. The summed E-state index contributed by atoms with van der Waals surface area (Å²) in [7, 11) is 0. The zero-order valence-electron chi connectivity index (χ0n) is 14.0. The Morgan fingerprint density at radius 2 is 1.44 bits per heavy atom. The van der Waals surface area contributed by atoms with Gasteiger partial charge in [-0.2, -0.15) is 0 Å². The van der Waals surface area contributed by atoms with Crippen LogP contribution in [0.5, 0.6) is 0 Å². The number of anilines is 2. The van der Waals surface area contributed by atoms with Crippen LogP contribution in [0.15, 0.2) is 60.3 Å². The summed E-state index contributed by atoms with van der Waals surface area (Å²) in [5.41, 5.74) is 1.98. The van der Waals surface area contributed by atoms with E-state index >= 15 is 0 Å². The third-order valence-electron chi connectivity index (χ3n) is 3.11. The summed E-state index contributed by atoms with van der Waals surface area (Å²) in [5.74, 6) is -1.00. The van der Waals surface area contributed by atoms with E-state index in [1.54, 1.807) is 30.3 Å². The van der Waals surface area contributed by atoms with Crippen LogP contribution in [0.2, 0.25) is 0 Å². The Balaban J connectivity index is 2.21. The smallest absolute Gasteiger partial charge is 0.272 e. The van der Waals surface area contributed by atoms with Crippen molar-refractivity contribution >= 4 is 35.2 Å². The average Bonchev–Trinajstić information content (AvgIpc) is 2.54. The van der Waals surface area contributed by atoms with Gasteiger partial charge in [0.25, 0.3) is 5.91 Å². The van der Waals surface area contributed by atoms with E-state index < -0.39 is 5.91 Å². The minimum absolute atomic E-state index is 0.128. The van der Waals surface area contributed by atoms with Gasteiger partial charge >= 0.3 is 0 Å². The molecule has 128 valence electrons. The van der Waals surface area contributed by atoms with Gasteiger partial charge in [-0.1, -0.05) is 36.4 Å². The SMILES string of the molecule is CC(=O)N/C(=C\c1ccccc1)C(=O)Nc1cccc(NC(C)=O)c1. The Kier molecular flexibility index (Phi) is 6.06. The van der Waals surface area contributed by atoms with Gasteiger partial charge < -0.3 is 16.0 Å². The van der Waals surface area contributed by atoms with E-state index in [9.17, 15) is 14.4 Å². The average molecular weight is 337 g/mol. The summed E-state index contributed by atoms with van der Waals surface area (Å²) < 4.78 is 0. The van der Waals surface area contributed by atoms with Crippen molar-refractivity contribution in [1.29, 1.82) is 0 Å². The molecular formula is C19H19N3O3. The molecule has 0 fully saturated rings. The highest BCUT2D eigenvalue weighted by atomic mass is 16.2. The van der Waals surface area contributed by atoms with Crippen LogP contribution in [0.25, 0.3) is 6.08 Å². The van der Waals surface area contributed by atoms with E-state index in [1.165, 1.54) is 13.8 Å². The molecule has 0 saturated carbocycles. The molecule has 3 amide bonds. The van der Waals surface area contributed by atoms with Crippen LogP contribution in [0, 0.1) is 0 Å². The fourth-order valence-corrected chi connectivity index (χ4v) is 2.14. The van der Waals surface area contributed by atoms with E-state index in [0.29, 0.717) is 11.4 Å². The monoisotopic (exact) mass is 337 g/mol. The minimum Gasteiger partial charge on any atom is -0.326 e. The molecule has 0 aliphatic rings. The molecule has 0 atom stereocenters. The molecule has 0 heterocycles. The highest BCUT2D eigenvalue weighted by Gasteiger charge is 2.12. The van der Waals surface area contributed by atoms with Crippen molar-refractivity contribution in [3.05, 3.63) is 65.9 Å². The molecular weight excluding hydrogens is 318 g/mol. The molecule has 6 nitrogen and oxygen atoms in total. The van der Waals surface area contributed by atoms with Crippen molar-refractivity contribution in [2.45, 2.75) is 13.8 Å². The van der Waals surface area contributed by atoms with Crippen LogP contribution in [0.1, 0.15) is 19.4 Å². The Labute approximate surface area is 145 Å². The van der Waals surface area contributed by atoms with Crippen molar-refractivity contribution in [2.75, 3.05) is 10.6 Å². The molecule has 25 heavy (non-hydrogen) atoms. The van der Waals surface area contributed by atoms with Crippen molar-refractivity contribution in [1.82, 2.24) is 5.32 Å². The molecule has 0 aliphatic heterocycles. The second kappa shape index (κ2) is 8.44. The predicted octanol–water partition coefficient (Wildman–Crippen LogP) is 2.76. The maximum absolute atomic E-state index is 12.5. The Morgan fingerprint density at radius 1 is 0.800 bits per heavy atom. The summed E-state index contributed by atoms with van der Waals surface area (Å²) in [5, 5.41) is 7.89. The third kappa shape index (κ3) is 5.95. The van der Waals surface area contributed by atoms with Gasteiger partial charge in [-0.3, -0.25) is 14.4 Å². The number of amides is 3.